The quantitative estimate of drug-likeness (QED) is 0.912. The molecule has 0 saturated carbocycles. The molecule has 4 heteroatoms. The maximum Gasteiger partial charge on any atom is 0.0594 e. The fourth-order valence-corrected chi connectivity index (χ4v) is 3.77. The Kier molecular flexibility index (Phi) is 4.43. The number of hydrogen-bond donors (Lipinski definition) is 1. The normalized spacial score (nSPS) is 22.7. The first kappa shape index (κ1) is 14.0. The van der Waals surface area contributed by atoms with Crippen molar-refractivity contribution in [2.75, 3.05) is 26.3 Å². The molecule has 0 radical (unpaired) electrons. The molecular weight excluding hydrogens is 244 g/mol. The third-order valence-electron chi connectivity index (χ3n) is 4.30. The Morgan fingerprint density at radius 3 is 2.67 bits per heavy atom. The highest BCUT2D eigenvalue weighted by atomic mass is 32.1. The van der Waals surface area contributed by atoms with Gasteiger partial charge in [0, 0.05) is 23.5 Å². The fourth-order valence-electron chi connectivity index (χ4n) is 2.70. The Labute approximate surface area is 114 Å². The largest absolute Gasteiger partial charge is 0.379 e. The van der Waals surface area contributed by atoms with Crippen molar-refractivity contribution in [3.8, 4) is 0 Å². The van der Waals surface area contributed by atoms with E-state index in [9.17, 15) is 0 Å². The van der Waals surface area contributed by atoms with Gasteiger partial charge in [0.2, 0.25) is 0 Å². The van der Waals surface area contributed by atoms with Crippen LogP contribution in [0.15, 0.2) is 11.4 Å². The Bertz CT molecular complexity index is 387. The average molecular weight is 268 g/mol. The molecule has 0 bridgehead atoms. The van der Waals surface area contributed by atoms with Crippen LogP contribution in [0.5, 0.6) is 0 Å². The van der Waals surface area contributed by atoms with Crippen molar-refractivity contribution in [3.63, 3.8) is 0 Å². The second kappa shape index (κ2) is 5.70. The van der Waals surface area contributed by atoms with Gasteiger partial charge in [-0.25, -0.2) is 0 Å². The van der Waals surface area contributed by atoms with E-state index in [2.05, 4.69) is 37.1 Å². The SMILES string of the molecule is CCC(C)(C(N)c1sccc1C)N1CCOCC1. The van der Waals surface area contributed by atoms with Gasteiger partial charge in [0.15, 0.2) is 0 Å². The molecule has 1 saturated heterocycles. The maximum atomic E-state index is 6.59. The minimum Gasteiger partial charge on any atom is -0.379 e. The molecule has 0 aliphatic carbocycles. The molecule has 2 atom stereocenters. The van der Waals surface area contributed by atoms with Crippen molar-refractivity contribution in [1.82, 2.24) is 4.90 Å². The van der Waals surface area contributed by atoms with E-state index >= 15 is 0 Å². The summed E-state index contributed by atoms with van der Waals surface area (Å²) in [6.07, 6.45) is 1.06. The summed E-state index contributed by atoms with van der Waals surface area (Å²) < 4.78 is 5.45. The van der Waals surface area contributed by atoms with Crippen LogP contribution in [0.1, 0.15) is 36.8 Å². The molecule has 2 rings (SSSR count). The van der Waals surface area contributed by atoms with Gasteiger partial charge < -0.3 is 10.5 Å². The van der Waals surface area contributed by atoms with Gasteiger partial charge in [0.25, 0.3) is 0 Å². The van der Waals surface area contributed by atoms with Crippen LogP contribution >= 0.6 is 11.3 Å². The molecular formula is C14H24N2OS. The second-order valence-electron chi connectivity index (χ2n) is 5.26. The van der Waals surface area contributed by atoms with Gasteiger partial charge in [-0.05, 0) is 37.3 Å². The van der Waals surface area contributed by atoms with Crippen LogP contribution in [-0.4, -0.2) is 36.7 Å². The minimum absolute atomic E-state index is 0.0272. The third kappa shape index (κ3) is 2.48. The highest BCUT2D eigenvalue weighted by Crippen LogP contribution is 2.36. The lowest BCUT2D eigenvalue weighted by Crippen LogP contribution is -2.56. The van der Waals surface area contributed by atoms with E-state index in [0.29, 0.717) is 0 Å². The van der Waals surface area contributed by atoms with E-state index in [-0.39, 0.29) is 11.6 Å². The van der Waals surface area contributed by atoms with E-state index in [1.54, 1.807) is 11.3 Å². The lowest BCUT2D eigenvalue weighted by atomic mass is 9.85. The Morgan fingerprint density at radius 2 is 2.17 bits per heavy atom. The van der Waals surface area contributed by atoms with Crippen molar-refractivity contribution in [3.05, 3.63) is 21.9 Å². The summed E-state index contributed by atoms with van der Waals surface area (Å²) in [5.74, 6) is 0. The lowest BCUT2D eigenvalue weighted by molar-refractivity contribution is -0.0274. The number of nitrogens with two attached hydrogens (primary N) is 1. The zero-order valence-electron chi connectivity index (χ0n) is 11.6. The van der Waals surface area contributed by atoms with Crippen LogP contribution in [0, 0.1) is 6.92 Å². The molecule has 3 nitrogen and oxygen atoms in total. The van der Waals surface area contributed by atoms with E-state index in [4.69, 9.17) is 10.5 Å². The monoisotopic (exact) mass is 268 g/mol. The van der Waals surface area contributed by atoms with Gasteiger partial charge in [-0.1, -0.05) is 6.92 Å². The number of nitrogens with zero attached hydrogens (tertiary/aromatic N) is 1. The first-order chi connectivity index (χ1) is 8.59. The first-order valence-electron chi connectivity index (χ1n) is 6.72. The zero-order valence-corrected chi connectivity index (χ0v) is 12.4. The van der Waals surface area contributed by atoms with Gasteiger partial charge in [0.05, 0.1) is 19.3 Å². The second-order valence-corrected chi connectivity index (χ2v) is 6.20. The number of ether oxygens (including phenoxy) is 1. The summed E-state index contributed by atoms with van der Waals surface area (Å²) in [6.45, 7) is 10.3. The van der Waals surface area contributed by atoms with Crippen molar-refractivity contribution in [1.29, 1.82) is 0 Å². The topological polar surface area (TPSA) is 38.5 Å². The molecule has 0 aromatic carbocycles. The van der Waals surface area contributed by atoms with E-state index < -0.39 is 0 Å². The molecule has 102 valence electrons. The molecule has 1 fully saturated rings. The average Bonchev–Trinajstić information content (AvgIpc) is 2.84. The summed E-state index contributed by atoms with van der Waals surface area (Å²) >= 11 is 1.78. The smallest absolute Gasteiger partial charge is 0.0594 e. The van der Waals surface area contributed by atoms with Crippen molar-refractivity contribution in [2.45, 2.75) is 38.8 Å². The van der Waals surface area contributed by atoms with E-state index in [1.807, 2.05) is 0 Å². The predicted molar refractivity (Wildman–Crippen MR) is 77.1 cm³/mol. The molecule has 1 aliphatic heterocycles. The highest BCUT2D eigenvalue weighted by Gasteiger charge is 2.38. The highest BCUT2D eigenvalue weighted by molar-refractivity contribution is 7.10. The third-order valence-corrected chi connectivity index (χ3v) is 5.41. The van der Waals surface area contributed by atoms with Crippen LogP contribution in [0.25, 0.3) is 0 Å². The number of aryl methyl sites for hydroxylation is 1. The van der Waals surface area contributed by atoms with Gasteiger partial charge in [-0.15, -0.1) is 11.3 Å². The van der Waals surface area contributed by atoms with Crippen molar-refractivity contribution in [2.24, 2.45) is 5.73 Å². The summed E-state index contributed by atoms with van der Waals surface area (Å²) in [5, 5.41) is 2.14. The van der Waals surface area contributed by atoms with Crippen molar-refractivity contribution < 1.29 is 4.74 Å². The molecule has 1 aromatic rings. The molecule has 18 heavy (non-hydrogen) atoms. The maximum absolute atomic E-state index is 6.59. The number of thiophene rings is 1. The first-order valence-corrected chi connectivity index (χ1v) is 7.60. The summed E-state index contributed by atoms with van der Waals surface area (Å²) in [7, 11) is 0. The minimum atomic E-state index is 0.0272. The van der Waals surface area contributed by atoms with E-state index in [1.165, 1.54) is 10.4 Å². The molecule has 1 aliphatic rings. The number of hydrogen-bond acceptors (Lipinski definition) is 4. The van der Waals surface area contributed by atoms with Crippen LogP contribution in [-0.2, 0) is 4.74 Å². The van der Waals surface area contributed by atoms with Crippen LogP contribution in [0.2, 0.25) is 0 Å². The van der Waals surface area contributed by atoms with Gasteiger partial charge in [-0.3, -0.25) is 4.90 Å². The Hall–Kier alpha value is -0.420. The Morgan fingerprint density at radius 1 is 1.50 bits per heavy atom. The Balaban J connectivity index is 2.22. The van der Waals surface area contributed by atoms with Crippen molar-refractivity contribution >= 4 is 11.3 Å². The molecule has 1 aromatic heterocycles. The van der Waals surface area contributed by atoms with Gasteiger partial charge in [0.1, 0.15) is 0 Å². The van der Waals surface area contributed by atoms with Crippen LogP contribution in [0.3, 0.4) is 0 Å². The van der Waals surface area contributed by atoms with Gasteiger partial charge in [-0.2, -0.15) is 0 Å². The van der Waals surface area contributed by atoms with E-state index in [0.717, 1.165) is 32.7 Å². The molecule has 2 N–H and O–H groups in total. The summed E-state index contributed by atoms with van der Waals surface area (Å²) in [6, 6.07) is 2.25. The summed E-state index contributed by atoms with van der Waals surface area (Å²) in [4.78, 5) is 3.83. The number of morpholine rings is 1. The standard InChI is InChI=1S/C14H24N2OS/c1-4-14(3,16-6-8-17-9-7-16)13(15)12-11(2)5-10-18-12/h5,10,13H,4,6-9,15H2,1-3H3. The van der Waals surface area contributed by atoms with Crippen LogP contribution < -0.4 is 5.73 Å². The predicted octanol–water partition coefficient (Wildman–Crippen LogP) is 2.56. The fraction of sp³-hybridized carbons (Fsp3) is 0.714. The summed E-state index contributed by atoms with van der Waals surface area (Å²) in [5.41, 5.74) is 7.94. The van der Waals surface area contributed by atoms with Gasteiger partial charge >= 0.3 is 0 Å². The molecule has 0 amide bonds. The molecule has 2 heterocycles. The lowest BCUT2D eigenvalue weighted by Gasteiger charge is -2.46. The van der Waals surface area contributed by atoms with Crippen LogP contribution in [0.4, 0.5) is 0 Å². The number of rotatable bonds is 4. The zero-order chi connectivity index (χ0) is 13.2. The molecule has 2 unspecified atom stereocenters. The molecule has 0 spiro atoms.